The average Bonchev–Trinajstić information content (AvgIpc) is 3.71. The van der Waals surface area contributed by atoms with Crippen LogP contribution >= 0.6 is 0 Å². The first-order valence-electron chi connectivity index (χ1n) is 22.0. The van der Waals surface area contributed by atoms with Gasteiger partial charge < -0.3 is 9.47 Å². The van der Waals surface area contributed by atoms with Crippen molar-refractivity contribution in [3.05, 3.63) is 255 Å². The standard InChI is InChI=1S/C62H42N2/c1-2-17-46(18-3-1)59-42-54(37-38-55(59)56-23-8-11-26-60(56)64-61-27-12-9-24-57(61)58-25-10-13-28-62(58)64)63(53-36-33-44-16-5-7-20-50(44)41-53)52-34-31-45(32-35-52)48-21-14-22-49(39-48)51-30-29-43-15-4-6-19-47(43)40-51/h1-42H. The smallest absolute Gasteiger partial charge is 0.0541 e. The minimum Gasteiger partial charge on any atom is -0.310 e. The van der Waals surface area contributed by atoms with Gasteiger partial charge in [-0.05, 0) is 127 Å². The molecule has 11 aromatic carbocycles. The zero-order chi connectivity index (χ0) is 42.4. The van der Waals surface area contributed by atoms with Gasteiger partial charge in [0.25, 0.3) is 0 Å². The Labute approximate surface area is 373 Å². The average molecular weight is 815 g/mol. The van der Waals surface area contributed by atoms with E-state index in [0.717, 1.165) is 28.3 Å². The maximum Gasteiger partial charge on any atom is 0.0541 e. The lowest BCUT2D eigenvalue weighted by molar-refractivity contribution is 1.18. The van der Waals surface area contributed by atoms with Gasteiger partial charge in [0.05, 0.1) is 16.7 Å². The number of anilines is 3. The molecule has 0 saturated carbocycles. The highest BCUT2D eigenvalue weighted by atomic mass is 15.1. The van der Waals surface area contributed by atoms with Crippen LogP contribution in [0.2, 0.25) is 0 Å². The molecule has 1 aromatic heterocycles. The van der Waals surface area contributed by atoms with E-state index in [1.807, 2.05) is 0 Å². The van der Waals surface area contributed by atoms with Crippen molar-refractivity contribution in [3.63, 3.8) is 0 Å². The summed E-state index contributed by atoms with van der Waals surface area (Å²) in [5.41, 5.74) is 16.3. The summed E-state index contributed by atoms with van der Waals surface area (Å²) in [6.45, 7) is 0. The van der Waals surface area contributed by atoms with Crippen LogP contribution in [-0.4, -0.2) is 4.57 Å². The molecule has 0 aliphatic carbocycles. The number of fused-ring (bicyclic) bond motifs is 5. The van der Waals surface area contributed by atoms with E-state index in [2.05, 4.69) is 264 Å². The van der Waals surface area contributed by atoms with Gasteiger partial charge in [-0.1, -0.05) is 188 Å². The third kappa shape index (κ3) is 6.61. The predicted molar refractivity (Wildman–Crippen MR) is 272 cm³/mol. The zero-order valence-electron chi connectivity index (χ0n) is 35.1. The number of benzene rings is 11. The van der Waals surface area contributed by atoms with E-state index in [4.69, 9.17) is 0 Å². The minimum absolute atomic E-state index is 1.08. The summed E-state index contributed by atoms with van der Waals surface area (Å²) in [5, 5.41) is 7.42. The highest BCUT2D eigenvalue weighted by Crippen LogP contribution is 2.44. The van der Waals surface area contributed by atoms with Crippen molar-refractivity contribution in [1.82, 2.24) is 4.57 Å². The molecule has 1 heterocycles. The van der Waals surface area contributed by atoms with Gasteiger partial charge >= 0.3 is 0 Å². The number of aromatic nitrogens is 1. The molecular weight excluding hydrogens is 773 g/mol. The predicted octanol–water partition coefficient (Wildman–Crippen LogP) is 17.2. The van der Waals surface area contributed by atoms with Crippen LogP contribution in [0.5, 0.6) is 0 Å². The van der Waals surface area contributed by atoms with Crippen molar-refractivity contribution < 1.29 is 0 Å². The zero-order valence-corrected chi connectivity index (χ0v) is 35.1. The summed E-state index contributed by atoms with van der Waals surface area (Å²) < 4.78 is 2.43. The molecule has 0 atom stereocenters. The highest BCUT2D eigenvalue weighted by Gasteiger charge is 2.20. The first kappa shape index (κ1) is 37.3. The van der Waals surface area contributed by atoms with E-state index < -0.39 is 0 Å². The van der Waals surface area contributed by atoms with Crippen LogP contribution in [-0.2, 0) is 0 Å². The Morgan fingerprint density at radius 1 is 0.250 bits per heavy atom. The second kappa shape index (κ2) is 15.8. The molecule has 0 amide bonds. The summed E-state index contributed by atoms with van der Waals surface area (Å²) in [7, 11) is 0. The summed E-state index contributed by atoms with van der Waals surface area (Å²) in [6, 6.07) is 92.8. The van der Waals surface area contributed by atoms with Crippen LogP contribution in [0.4, 0.5) is 17.1 Å². The van der Waals surface area contributed by atoms with Gasteiger partial charge in [0.1, 0.15) is 0 Å². The Morgan fingerprint density at radius 3 is 1.48 bits per heavy atom. The van der Waals surface area contributed by atoms with Crippen molar-refractivity contribution in [1.29, 1.82) is 0 Å². The molecule has 12 rings (SSSR count). The van der Waals surface area contributed by atoms with Crippen molar-refractivity contribution >= 4 is 60.4 Å². The molecule has 0 aliphatic heterocycles. The van der Waals surface area contributed by atoms with Crippen molar-refractivity contribution in [2.24, 2.45) is 0 Å². The monoisotopic (exact) mass is 814 g/mol. The Morgan fingerprint density at radius 2 is 0.750 bits per heavy atom. The van der Waals surface area contributed by atoms with Crippen molar-refractivity contribution in [2.75, 3.05) is 4.90 Å². The lowest BCUT2D eigenvalue weighted by Gasteiger charge is -2.27. The molecule has 0 spiro atoms. The van der Waals surface area contributed by atoms with E-state index in [-0.39, 0.29) is 0 Å². The van der Waals surface area contributed by atoms with Gasteiger partial charge in [0.2, 0.25) is 0 Å². The number of rotatable bonds is 8. The molecule has 0 saturated heterocycles. The molecule has 300 valence electrons. The molecule has 64 heavy (non-hydrogen) atoms. The van der Waals surface area contributed by atoms with Gasteiger partial charge in [-0.3, -0.25) is 0 Å². The Balaban J connectivity index is 1.000. The van der Waals surface area contributed by atoms with Gasteiger partial charge in [0, 0.05) is 33.4 Å². The van der Waals surface area contributed by atoms with Crippen LogP contribution in [0, 0.1) is 0 Å². The third-order valence-corrected chi connectivity index (χ3v) is 12.8. The number of para-hydroxylation sites is 3. The molecule has 0 unspecified atom stereocenters. The lowest BCUT2D eigenvalue weighted by Crippen LogP contribution is -2.10. The van der Waals surface area contributed by atoms with E-state index >= 15 is 0 Å². The van der Waals surface area contributed by atoms with Gasteiger partial charge in [-0.2, -0.15) is 0 Å². The summed E-state index contributed by atoms with van der Waals surface area (Å²) in [4.78, 5) is 2.40. The van der Waals surface area contributed by atoms with Gasteiger partial charge in [0.15, 0.2) is 0 Å². The van der Waals surface area contributed by atoms with E-state index in [1.165, 1.54) is 82.3 Å². The molecule has 0 fully saturated rings. The summed E-state index contributed by atoms with van der Waals surface area (Å²) in [6.07, 6.45) is 0. The largest absolute Gasteiger partial charge is 0.310 e. The Hall–Kier alpha value is -8.46. The maximum absolute atomic E-state index is 2.43. The second-order valence-electron chi connectivity index (χ2n) is 16.5. The van der Waals surface area contributed by atoms with Crippen molar-refractivity contribution in [3.8, 4) is 50.2 Å². The van der Waals surface area contributed by atoms with E-state index in [0.29, 0.717) is 0 Å². The normalized spacial score (nSPS) is 11.4. The molecule has 12 aromatic rings. The van der Waals surface area contributed by atoms with Crippen LogP contribution in [0.15, 0.2) is 255 Å². The molecule has 0 bridgehead atoms. The Kier molecular flexibility index (Phi) is 9.20. The topological polar surface area (TPSA) is 8.17 Å². The number of hydrogen-bond acceptors (Lipinski definition) is 1. The quantitative estimate of drug-likeness (QED) is 0.148. The van der Waals surface area contributed by atoms with Crippen LogP contribution in [0.3, 0.4) is 0 Å². The number of hydrogen-bond donors (Lipinski definition) is 0. The van der Waals surface area contributed by atoms with Crippen LogP contribution < -0.4 is 4.90 Å². The van der Waals surface area contributed by atoms with Crippen molar-refractivity contribution in [2.45, 2.75) is 0 Å². The van der Waals surface area contributed by atoms with E-state index in [1.54, 1.807) is 0 Å². The molecule has 0 radical (unpaired) electrons. The summed E-state index contributed by atoms with van der Waals surface area (Å²) >= 11 is 0. The van der Waals surface area contributed by atoms with Crippen LogP contribution in [0.1, 0.15) is 0 Å². The minimum atomic E-state index is 1.08. The fourth-order valence-corrected chi connectivity index (χ4v) is 9.65. The summed E-state index contributed by atoms with van der Waals surface area (Å²) in [5.74, 6) is 0. The lowest BCUT2D eigenvalue weighted by atomic mass is 9.92. The molecule has 0 N–H and O–H groups in total. The second-order valence-corrected chi connectivity index (χ2v) is 16.5. The Bertz CT molecular complexity index is 3620. The van der Waals surface area contributed by atoms with Gasteiger partial charge in [-0.25, -0.2) is 0 Å². The van der Waals surface area contributed by atoms with Gasteiger partial charge in [-0.15, -0.1) is 0 Å². The molecule has 2 nitrogen and oxygen atoms in total. The number of nitrogens with zero attached hydrogens (tertiary/aromatic N) is 2. The van der Waals surface area contributed by atoms with E-state index in [9.17, 15) is 0 Å². The molecular formula is C62H42N2. The molecule has 2 heteroatoms. The van der Waals surface area contributed by atoms with Crippen LogP contribution in [0.25, 0.3) is 93.5 Å². The first-order valence-corrected chi connectivity index (χ1v) is 22.0. The SMILES string of the molecule is c1ccc(-c2cc(N(c3ccc(-c4cccc(-c5ccc6ccccc6c5)c4)cc3)c3ccc4ccccc4c3)ccc2-c2ccccc2-n2c3ccccc3c3ccccc32)cc1. The highest BCUT2D eigenvalue weighted by molar-refractivity contribution is 6.10. The first-order chi connectivity index (χ1) is 31.7. The third-order valence-electron chi connectivity index (χ3n) is 12.8. The maximum atomic E-state index is 2.43. The fraction of sp³-hybridized carbons (Fsp3) is 0. The molecule has 0 aliphatic rings. The fourth-order valence-electron chi connectivity index (χ4n) is 9.65.